The molecule has 5 heteroatoms. The zero-order chi connectivity index (χ0) is 11.8. The van der Waals surface area contributed by atoms with Crippen LogP contribution in [0.5, 0.6) is 0 Å². The lowest BCUT2D eigenvalue weighted by Gasteiger charge is -2.00. The van der Waals surface area contributed by atoms with Gasteiger partial charge in [-0.1, -0.05) is 47.4 Å². The number of rotatable bonds is 3. The van der Waals surface area contributed by atoms with Crippen molar-refractivity contribution in [3.05, 3.63) is 45.8 Å². The standard InChI is InChI=1S/C11H10N4S/c12-11(16)10-7-2-1-5-9(10)6-3-4-8-14-15-13/h1-2,5,7H,4,8H2,(H2,12,16). The van der Waals surface area contributed by atoms with Crippen LogP contribution in [0.2, 0.25) is 0 Å². The van der Waals surface area contributed by atoms with E-state index in [4.69, 9.17) is 23.5 Å². The zero-order valence-electron chi connectivity index (χ0n) is 8.55. The maximum atomic E-state index is 8.08. The van der Waals surface area contributed by atoms with E-state index in [-0.39, 0.29) is 0 Å². The molecular formula is C11H10N4S. The van der Waals surface area contributed by atoms with Crippen molar-refractivity contribution < 1.29 is 0 Å². The smallest absolute Gasteiger partial charge is 0.105 e. The fourth-order valence-corrected chi connectivity index (χ4v) is 1.29. The molecule has 0 spiro atoms. The highest BCUT2D eigenvalue weighted by Gasteiger charge is 2.00. The van der Waals surface area contributed by atoms with E-state index >= 15 is 0 Å². The van der Waals surface area contributed by atoms with E-state index in [1.807, 2.05) is 24.3 Å². The van der Waals surface area contributed by atoms with Crippen molar-refractivity contribution in [3.8, 4) is 11.8 Å². The highest BCUT2D eigenvalue weighted by molar-refractivity contribution is 7.80. The topological polar surface area (TPSA) is 74.8 Å². The number of hydrogen-bond donors (Lipinski definition) is 1. The van der Waals surface area contributed by atoms with Crippen LogP contribution in [0.1, 0.15) is 17.5 Å². The van der Waals surface area contributed by atoms with Gasteiger partial charge in [0.05, 0.1) is 0 Å². The Morgan fingerprint density at radius 2 is 2.25 bits per heavy atom. The fraction of sp³-hybridized carbons (Fsp3) is 0.182. The van der Waals surface area contributed by atoms with Gasteiger partial charge in [0.25, 0.3) is 0 Å². The first-order valence-electron chi connectivity index (χ1n) is 4.64. The van der Waals surface area contributed by atoms with Crippen LogP contribution in [0.15, 0.2) is 29.4 Å². The van der Waals surface area contributed by atoms with E-state index in [2.05, 4.69) is 21.9 Å². The average molecular weight is 230 g/mol. The lowest BCUT2D eigenvalue weighted by atomic mass is 10.1. The third-order valence-electron chi connectivity index (χ3n) is 1.82. The molecule has 0 amide bonds. The first-order valence-corrected chi connectivity index (χ1v) is 5.05. The van der Waals surface area contributed by atoms with E-state index in [9.17, 15) is 0 Å². The summed E-state index contributed by atoms with van der Waals surface area (Å²) in [6, 6.07) is 7.42. The van der Waals surface area contributed by atoms with Crippen LogP contribution in [-0.4, -0.2) is 11.5 Å². The third-order valence-corrected chi connectivity index (χ3v) is 2.04. The highest BCUT2D eigenvalue weighted by Crippen LogP contribution is 2.06. The Hall–Kier alpha value is -2.02. The Labute approximate surface area is 99.1 Å². The fourth-order valence-electron chi connectivity index (χ4n) is 1.12. The van der Waals surface area contributed by atoms with Gasteiger partial charge < -0.3 is 5.73 Å². The molecule has 0 atom stereocenters. The quantitative estimate of drug-likeness (QED) is 0.216. The third kappa shape index (κ3) is 3.62. The molecule has 0 aliphatic carbocycles. The number of nitrogens with two attached hydrogens (primary N) is 1. The molecule has 16 heavy (non-hydrogen) atoms. The minimum atomic E-state index is 0.333. The highest BCUT2D eigenvalue weighted by atomic mass is 32.1. The maximum Gasteiger partial charge on any atom is 0.105 e. The van der Waals surface area contributed by atoms with Crippen molar-refractivity contribution in [2.45, 2.75) is 6.42 Å². The van der Waals surface area contributed by atoms with Gasteiger partial charge in [0.15, 0.2) is 0 Å². The minimum Gasteiger partial charge on any atom is -0.389 e. The molecule has 80 valence electrons. The number of benzene rings is 1. The van der Waals surface area contributed by atoms with Gasteiger partial charge >= 0.3 is 0 Å². The predicted octanol–water partition coefficient (Wildman–Crippen LogP) is 2.37. The van der Waals surface area contributed by atoms with Crippen molar-refractivity contribution in [3.63, 3.8) is 0 Å². The summed E-state index contributed by atoms with van der Waals surface area (Å²) < 4.78 is 0. The van der Waals surface area contributed by atoms with Gasteiger partial charge in [-0.15, -0.1) is 0 Å². The Morgan fingerprint density at radius 1 is 1.50 bits per heavy atom. The molecular weight excluding hydrogens is 220 g/mol. The lowest BCUT2D eigenvalue weighted by Crippen LogP contribution is -2.10. The van der Waals surface area contributed by atoms with Crippen molar-refractivity contribution >= 4 is 17.2 Å². The van der Waals surface area contributed by atoms with Gasteiger partial charge in [0, 0.05) is 29.0 Å². The van der Waals surface area contributed by atoms with E-state index < -0.39 is 0 Å². The molecule has 0 radical (unpaired) electrons. The first kappa shape index (κ1) is 12.1. The van der Waals surface area contributed by atoms with Crippen molar-refractivity contribution in [1.82, 2.24) is 0 Å². The molecule has 4 nitrogen and oxygen atoms in total. The van der Waals surface area contributed by atoms with Crippen LogP contribution < -0.4 is 5.73 Å². The van der Waals surface area contributed by atoms with E-state index in [1.165, 1.54) is 0 Å². The van der Waals surface area contributed by atoms with Crippen LogP contribution in [0.4, 0.5) is 0 Å². The van der Waals surface area contributed by atoms with Gasteiger partial charge in [-0.3, -0.25) is 0 Å². The summed E-state index contributed by atoms with van der Waals surface area (Å²) in [6.45, 7) is 0.374. The summed E-state index contributed by atoms with van der Waals surface area (Å²) >= 11 is 4.91. The van der Waals surface area contributed by atoms with Crippen LogP contribution in [0.25, 0.3) is 10.4 Å². The van der Waals surface area contributed by atoms with Crippen molar-refractivity contribution in [2.75, 3.05) is 6.54 Å². The molecule has 0 bridgehead atoms. The second kappa shape index (κ2) is 6.46. The Balaban J connectivity index is 2.80. The number of hydrogen-bond acceptors (Lipinski definition) is 2. The molecule has 0 fully saturated rings. The molecule has 0 aromatic heterocycles. The van der Waals surface area contributed by atoms with E-state index in [0.717, 1.165) is 11.1 Å². The molecule has 0 aliphatic rings. The largest absolute Gasteiger partial charge is 0.389 e. The second-order valence-electron chi connectivity index (χ2n) is 2.92. The monoisotopic (exact) mass is 230 g/mol. The van der Waals surface area contributed by atoms with Gasteiger partial charge in [0.2, 0.25) is 0 Å². The van der Waals surface area contributed by atoms with Crippen molar-refractivity contribution in [2.24, 2.45) is 10.8 Å². The average Bonchev–Trinajstić information content (AvgIpc) is 2.29. The molecule has 1 aromatic carbocycles. The van der Waals surface area contributed by atoms with Gasteiger partial charge in [-0.2, -0.15) is 0 Å². The molecule has 0 heterocycles. The molecule has 1 rings (SSSR count). The maximum absolute atomic E-state index is 8.08. The second-order valence-corrected chi connectivity index (χ2v) is 3.36. The number of azide groups is 1. The van der Waals surface area contributed by atoms with Gasteiger partial charge in [-0.05, 0) is 11.6 Å². The lowest BCUT2D eigenvalue weighted by molar-refractivity contribution is 1.01. The molecule has 1 aromatic rings. The summed E-state index contributed by atoms with van der Waals surface area (Å²) in [5, 5.41) is 3.39. The van der Waals surface area contributed by atoms with Crippen LogP contribution in [0.3, 0.4) is 0 Å². The number of nitrogens with zero attached hydrogens (tertiary/aromatic N) is 3. The summed E-state index contributed by atoms with van der Waals surface area (Å²) in [6.07, 6.45) is 0.524. The summed E-state index contributed by atoms with van der Waals surface area (Å²) in [7, 11) is 0. The normalized spacial score (nSPS) is 8.50. The van der Waals surface area contributed by atoms with Gasteiger partial charge in [0.1, 0.15) is 4.99 Å². The first-order chi connectivity index (χ1) is 7.75. The Kier molecular flexibility index (Phi) is 4.87. The van der Waals surface area contributed by atoms with Crippen LogP contribution in [-0.2, 0) is 0 Å². The minimum absolute atomic E-state index is 0.333. The molecule has 0 unspecified atom stereocenters. The van der Waals surface area contributed by atoms with Crippen LogP contribution in [0, 0.1) is 11.8 Å². The Bertz CT molecular complexity index is 492. The Morgan fingerprint density at radius 3 is 2.94 bits per heavy atom. The van der Waals surface area contributed by atoms with E-state index in [0.29, 0.717) is 18.0 Å². The molecule has 0 saturated carbocycles. The molecule has 2 N–H and O–H groups in total. The van der Waals surface area contributed by atoms with Crippen molar-refractivity contribution in [1.29, 1.82) is 0 Å². The summed E-state index contributed by atoms with van der Waals surface area (Å²) in [4.78, 5) is 2.98. The SMILES string of the molecule is [N-]=[N+]=NCCC#Cc1ccccc1C(N)=S. The summed E-state index contributed by atoms with van der Waals surface area (Å²) in [5.41, 5.74) is 15.2. The molecule has 0 aliphatic heterocycles. The predicted molar refractivity (Wildman–Crippen MR) is 67.8 cm³/mol. The molecule has 0 saturated heterocycles. The van der Waals surface area contributed by atoms with Crippen LogP contribution >= 0.6 is 12.2 Å². The summed E-state index contributed by atoms with van der Waals surface area (Å²) in [5.74, 6) is 5.85. The zero-order valence-corrected chi connectivity index (χ0v) is 9.37. The van der Waals surface area contributed by atoms with Gasteiger partial charge in [-0.25, -0.2) is 0 Å². The number of thiocarbonyl (C=S) groups is 1. The van der Waals surface area contributed by atoms with E-state index in [1.54, 1.807) is 0 Å².